The van der Waals surface area contributed by atoms with E-state index in [1.807, 2.05) is 0 Å². The first-order valence-corrected chi connectivity index (χ1v) is 7.50. The minimum atomic E-state index is 0.0532. The van der Waals surface area contributed by atoms with Crippen LogP contribution in [0.4, 0.5) is 0 Å². The quantitative estimate of drug-likeness (QED) is 0.845. The van der Waals surface area contributed by atoms with Crippen LogP contribution in [0.15, 0.2) is 24.3 Å². The molecule has 1 N–H and O–H groups in total. The first-order chi connectivity index (χ1) is 9.07. The van der Waals surface area contributed by atoms with Crippen molar-refractivity contribution in [1.82, 2.24) is 5.32 Å². The van der Waals surface area contributed by atoms with Gasteiger partial charge < -0.3 is 10.1 Å². The summed E-state index contributed by atoms with van der Waals surface area (Å²) in [6.45, 7) is 9.53. The van der Waals surface area contributed by atoms with Gasteiger partial charge in [0.05, 0.1) is 5.60 Å². The summed E-state index contributed by atoms with van der Waals surface area (Å²) >= 11 is 0. The van der Waals surface area contributed by atoms with Gasteiger partial charge in [-0.05, 0) is 43.2 Å². The summed E-state index contributed by atoms with van der Waals surface area (Å²) in [5.74, 6) is 0.725. The zero-order valence-electron chi connectivity index (χ0n) is 12.5. The molecule has 0 saturated carbocycles. The summed E-state index contributed by atoms with van der Waals surface area (Å²) in [6, 6.07) is 8.99. The van der Waals surface area contributed by atoms with Gasteiger partial charge in [0.1, 0.15) is 0 Å². The van der Waals surface area contributed by atoms with Crippen molar-refractivity contribution in [3.05, 3.63) is 35.4 Å². The first kappa shape index (κ1) is 14.5. The van der Waals surface area contributed by atoms with Crippen LogP contribution < -0.4 is 5.32 Å². The van der Waals surface area contributed by atoms with Crippen LogP contribution in [0.1, 0.15) is 44.7 Å². The Morgan fingerprint density at radius 1 is 1.21 bits per heavy atom. The molecule has 1 aliphatic rings. The van der Waals surface area contributed by atoms with Crippen molar-refractivity contribution < 1.29 is 4.74 Å². The Bertz CT molecular complexity index is 377. The van der Waals surface area contributed by atoms with Gasteiger partial charge in [-0.25, -0.2) is 0 Å². The third-order valence-electron chi connectivity index (χ3n) is 3.80. The largest absolute Gasteiger partial charge is 0.374 e. The number of benzene rings is 1. The molecule has 1 saturated heterocycles. The minimum absolute atomic E-state index is 0.0532. The molecule has 0 spiro atoms. The van der Waals surface area contributed by atoms with E-state index in [1.54, 1.807) is 0 Å². The number of hydrogen-bond donors (Lipinski definition) is 1. The van der Waals surface area contributed by atoms with Crippen molar-refractivity contribution in [2.75, 3.05) is 13.2 Å². The molecule has 0 amide bonds. The number of rotatable bonds is 6. The molecule has 2 heteroatoms. The molecule has 1 aromatic carbocycles. The predicted octanol–water partition coefficient (Wildman–Crippen LogP) is 3.54. The fraction of sp³-hybridized carbons (Fsp3) is 0.647. The second-order valence-electron chi connectivity index (χ2n) is 6.42. The molecule has 0 aromatic heterocycles. The third-order valence-corrected chi connectivity index (χ3v) is 3.80. The molecule has 1 aliphatic heterocycles. The van der Waals surface area contributed by atoms with E-state index in [9.17, 15) is 0 Å². The fourth-order valence-corrected chi connectivity index (χ4v) is 2.71. The van der Waals surface area contributed by atoms with Crippen molar-refractivity contribution in [3.63, 3.8) is 0 Å². The molecular formula is C17H27NO. The van der Waals surface area contributed by atoms with Crippen molar-refractivity contribution in [2.45, 2.75) is 52.2 Å². The average Bonchev–Trinajstić information content (AvgIpc) is 2.78. The monoisotopic (exact) mass is 261 g/mol. The maximum absolute atomic E-state index is 5.78. The van der Waals surface area contributed by atoms with Crippen molar-refractivity contribution in [3.8, 4) is 0 Å². The van der Waals surface area contributed by atoms with Gasteiger partial charge in [0.15, 0.2) is 0 Å². The van der Waals surface area contributed by atoms with E-state index in [1.165, 1.54) is 30.4 Å². The van der Waals surface area contributed by atoms with Gasteiger partial charge >= 0.3 is 0 Å². The molecular weight excluding hydrogens is 234 g/mol. The van der Waals surface area contributed by atoms with E-state index in [-0.39, 0.29) is 5.60 Å². The lowest BCUT2D eigenvalue weighted by atomic mass is 10.0. The van der Waals surface area contributed by atoms with Gasteiger partial charge in [0.2, 0.25) is 0 Å². The lowest BCUT2D eigenvalue weighted by Gasteiger charge is -2.23. The SMILES string of the molecule is CC(C)Cc1ccc(CNCC2(C)CCCO2)cc1. The lowest BCUT2D eigenvalue weighted by Crippen LogP contribution is -2.36. The molecule has 1 unspecified atom stereocenters. The Kier molecular flexibility index (Phi) is 5.00. The fourth-order valence-electron chi connectivity index (χ4n) is 2.71. The summed E-state index contributed by atoms with van der Waals surface area (Å²) in [5, 5.41) is 3.52. The molecule has 1 aromatic rings. The average molecular weight is 261 g/mol. The minimum Gasteiger partial charge on any atom is -0.374 e. The van der Waals surface area contributed by atoms with Crippen LogP contribution in [-0.2, 0) is 17.7 Å². The molecule has 1 atom stereocenters. The standard InChI is InChI=1S/C17H27NO/c1-14(2)11-15-5-7-16(8-6-15)12-18-13-17(3)9-4-10-19-17/h5-8,14,18H,4,9-13H2,1-3H3. The van der Waals surface area contributed by atoms with E-state index < -0.39 is 0 Å². The van der Waals surface area contributed by atoms with Crippen LogP contribution >= 0.6 is 0 Å². The maximum Gasteiger partial charge on any atom is 0.0779 e. The highest BCUT2D eigenvalue weighted by Crippen LogP contribution is 2.24. The molecule has 2 rings (SSSR count). The Morgan fingerprint density at radius 2 is 1.89 bits per heavy atom. The molecule has 0 aliphatic carbocycles. The van der Waals surface area contributed by atoms with Gasteiger partial charge in [-0.1, -0.05) is 38.1 Å². The molecule has 1 heterocycles. The summed E-state index contributed by atoms with van der Waals surface area (Å²) in [6.07, 6.45) is 3.54. The molecule has 0 bridgehead atoms. The highest BCUT2D eigenvalue weighted by Gasteiger charge is 2.28. The molecule has 1 fully saturated rings. The van der Waals surface area contributed by atoms with E-state index in [0.29, 0.717) is 0 Å². The van der Waals surface area contributed by atoms with Crippen LogP contribution in [0.5, 0.6) is 0 Å². The second-order valence-corrected chi connectivity index (χ2v) is 6.42. The van der Waals surface area contributed by atoms with Crippen LogP contribution in [0.3, 0.4) is 0 Å². The van der Waals surface area contributed by atoms with Crippen LogP contribution in [0.2, 0.25) is 0 Å². The van der Waals surface area contributed by atoms with Crippen LogP contribution in [-0.4, -0.2) is 18.8 Å². The van der Waals surface area contributed by atoms with Crippen LogP contribution in [0.25, 0.3) is 0 Å². The summed E-state index contributed by atoms with van der Waals surface area (Å²) in [7, 11) is 0. The smallest absolute Gasteiger partial charge is 0.0779 e. The summed E-state index contributed by atoms with van der Waals surface area (Å²) in [5.41, 5.74) is 2.84. The van der Waals surface area contributed by atoms with Crippen molar-refractivity contribution >= 4 is 0 Å². The predicted molar refractivity (Wildman–Crippen MR) is 80.3 cm³/mol. The Balaban J connectivity index is 1.76. The summed E-state index contributed by atoms with van der Waals surface area (Å²) in [4.78, 5) is 0. The second kappa shape index (κ2) is 6.53. The third kappa shape index (κ3) is 4.63. The molecule has 0 radical (unpaired) electrons. The highest BCUT2D eigenvalue weighted by atomic mass is 16.5. The number of hydrogen-bond acceptors (Lipinski definition) is 2. The van der Waals surface area contributed by atoms with Gasteiger partial charge in [-0.15, -0.1) is 0 Å². The van der Waals surface area contributed by atoms with E-state index in [0.717, 1.165) is 25.6 Å². The lowest BCUT2D eigenvalue weighted by molar-refractivity contribution is 0.0207. The molecule has 19 heavy (non-hydrogen) atoms. The van der Waals surface area contributed by atoms with Gasteiger partial charge in [-0.3, -0.25) is 0 Å². The van der Waals surface area contributed by atoms with Gasteiger partial charge in [0.25, 0.3) is 0 Å². The van der Waals surface area contributed by atoms with Crippen LogP contribution in [0, 0.1) is 5.92 Å². The van der Waals surface area contributed by atoms with E-state index in [2.05, 4.69) is 50.4 Å². The Morgan fingerprint density at radius 3 is 2.47 bits per heavy atom. The highest BCUT2D eigenvalue weighted by molar-refractivity contribution is 5.22. The van der Waals surface area contributed by atoms with Crippen molar-refractivity contribution in [2.24, 2.45) is 5.92 Å². The van der Waals surface area contributed by atoms with Gasteiger partial charge in [0, 0.05) is 19.7 Å². The Hall–Kier alpha value is -0.860. The van der Waals surface area contributed by atoms with E-state index in [4.69, 9.17) is 4.74 Å². The van der Waals surface area contributed by atoms with Gasteiger partial charge in [-0.2, -0.15) is 0 Å². The first-order valence-electron chi connectivity index (χ1n) is 7.50. The zero-order chi connectivity index (χ0) is 13.7. The maximum atomic E-state index is 5.78. The van der Waals surface area contributed by atoms with E-state index >= 15 is 0 Å². The number of ether oxygens (including phenoxy) is 1. The Labute approximate surface area is 117 Å². The summed E-state index contributed by atoms with van der Waals surface area (Å²) < 4.78 is 5.78. The molecule has 2 nitrogen and oxygen atoms in total. The molecule has 106 valence electrons. The number of nitrogens with one attached hydrogen (secondary N) is 1. The topological polar surface area (TPSA) is 21.3 Å². The zero-order valence-corrected chi connectivity index (χ0v) is 12.5. The normalized spacial score (nSPS) is 23.2. The van der Waals surface area contributed by atoms with Crippen molar-refractivity contribution in [1.29, 1.82) is 0 Å².